The fraction of sp³-hybridized carbons (Fsp3) is 0.486. The maximum Gasteiger partial charge on any atom is 0.0366 e. The molecule has 0 N–H and O–H groups in total. The van der Waals surface area contributed by atoms with E-state index >= 15 is 0 Å². The zero-order chi connectivity index (χ0) is 26.3. The van der Waals surface area contributed by atoms with Crippen molar-refractivity contribution in [2.45, 2.75) is 85.0 Å². The Morgan fingerprint density at radius 2 is 0.757 bits per heavy atom. The molecule has 2 nitrogen and oxygen atoms in total. The van der Waals surface area contributed by atoms with E-state index in [1.54, 1.807) is 0 Å². The predicted octanol–water partition coefficient (Wildman–Crippen LogP) is 9.68. The first kappa shape index (κ1) is 28.8. The molecule has 0 aliphatic carbocycles. The molecule has 0 aliphatic heterocycles. The highest BCUT2D eigenvalue weighted by Crippen LogP contribution is 2.34. The molecule has 0 spiro atoms. The fourth-order valence-corrected chi connectivity index (χ4v) is 5.11. The topological polar surface area (TPSA) is 6.48 Å². The third-order valence-electron chi connectivity index (χ3n) is 7.44. The summed E-state index contributed by atoms with van der Waals surface area (Å²) in [5.41, 5.74) is 6.79. The van der Waals surface area contributed by atoms with Gasteiger partial charge in [0.05, 0.1) is 0 Å². The van der Waals surface area contributed by atoms with Crippen molar-refractivity contribution >= 4 is 11.4 Å². The van der Waals surface area contributed by atoms with Gasteiger partial charge >= 0.3 is 0 Å². The summed E-state index contributed by atoms with van der Waals surface area (Å²) >= 11 is 0. The number of rotatable bonds is 17. The molecule has 0 aliphatic rings. The SMILES string of the molecule is CCCCN(CCCC)c1ccc(C(c2ccccc2)c2ccc(N(CCCC)CCCC)cc2)cc1. The molecule has 0 unspecified atom stereocenters. The summed E-state index contributed by atoms with van der Waals surface area (Å²) in [6.07, 6.45) is 9.94. The molecule has 0 radical (unpaired) electrons. The Morgan fingerprint density at radius 3 is 1.08 bits per heavy atom. The molecule has 0 fully saturated rings. The van der Waals surface area contributed by atoms with Crippen LogP contribution in [0.2, 0.25) is 0 Å². The highest BCUT2D eigenvalue weighted by molar-refractivity contribution is 5.54. The van der Waals surface area contributed by atoms with Gasteiger partial charge in [-0.2, -0.15) is 0 Å². The molecule has 0 saturated heterocycles. The van der Waals surface area contributed by atoms with Crippen LogP contribution in [-0.2, 0) is 0 Å². The zero-order valence-electron chi connectivity index (χ0n) is 24.0. The van der Waals surface area contributed by atoms with Gasteiger partial charge in [-0.3, -0.25) is 0 Å². The van der Waals surface area contributed by atoms with Gasteiger partial charge in [0.15, 0.2) is 0 Å². The van der Waals surface area contributed by atoms with Crippen molar-refractivity contribution in [1.29, 1.82) is 0 Å². The second-order valence-corrected chi connectivity index (χ2v) is 10.4. The lowest BCUT2D eigenvalue weighted by Gasteiger charge is -2.27. The molecule has 0 saturated carbocycles. The standard InChI is InChI=1S/C35H50N2/c1-5-9-26-36(27-10-6-2)33-22-18-31(19-23-33)35(30-16-14-13-15-17-30)32-20-24-34(25-21-32)37(28-11-7-3)29-12-8-4/h13-25,35H,5-12,26-29H2,1-4H3. The van der Waals surface area contributed by atoms with Crippen molar-refractivity contribution in [2.75, 3.05) is 36.0 Å². The van der Waals surface area contributed by atoms with Crippen LogP contribution in [0.25, 0.3) is 0 Å². The fourth-order valence-electron chi connectivity index (χ4n) is 5.11. The van der Waals surface area contributed by atoms with E-state index in [2.05, 4.69) is 116 Å². The Hall–Kier alpha value is -2.74. The molecule has 200 valence electrons. The van der Waals surface area contributed by atoms with Crippen molar-refractivity contribution < 1.29 is 0 Å². The average molecular weight is 499 g/mol. The molecule has 0 aromatic heterocycles. The third kappa shape index (κ3) is 8.66. The molecular weight excluding hydrogens is 448 g/mol. The Balaban J connectivity index is 1.89. The minimum absolute atomic E-state index is 0.240. The molecule has 3 rings (SSSR count). The second kappa shape index (κ2) is 16.2. The van der Waals surface area contributed by atoms with Crippen molar-refractivity contribution in [1.82, 2.24) is 0 Å². The van der Waals surface area contributed by atoms with E-state index in [9.17, 15) is 0 Å². The maximum atomic E-state index is 2.57. The molecule has 3 aromatic rings. The Morgan fingerprint density at radius 1 is 0.432 bits per heavy atom. The summed E-state index contributed by atoms with van der Waals surface area (Å²) in [4.78, 5) is 5.15. The van der Waals surface area contributed by atoms with E-state index in [-0.39, 0.29) is 5.92 Å². The highest BCUT2D eigenvalue weighted by atomic mass is 15.1. The van der Waals surface area contributed by atoms with Gasteiger partial charge in [-0.25, -0.2) is 0 Å². The van der Waals surface area contributed by atoms with E-state index < -0.39 is 0 Å². The van der Waals surface area contributed by atoms with E-state index in [0.29, 0.717) is 0 Å². The summed E-state index contributed by atoms with van der Waals surface area (Å²) in [6.45, 7) is 13.7. The van der Waals surface area contributed by atoms with Crippen molar-refractivity contribution in [2.24, 2.45) is 0 Å². The lowest BCUT2D eigenvalue weighted by molar-refractivity contribution is 0.677. The van der Waals surface area contributed by atoms with Crippen LogP contribution in [0.3, 0.4) is 0 Å². The Labute approximate surface area is 227 Å². The van der Waals surface area contributed by atoms with Gasteiger partial charge in [-0.15, -0.1) is 0 Å². The minimum atomic E-state index is 0.240. The number of nitrogens with zero attached hydrogens (tertiary/aromatic N) is 2. The van der Waals surface area contributed by atoms with Gasteiger partial charge in [-0.1, -0.05) is 108 Å². The van der Waals surface area contributed by atoms with Crippen molar-refractivity contribution in [3.8, 4) is 0 Å². The quantitative estimate of drug-likeness (QED) is 0.171. The second-order valence-electron chi connectivity index (χ2n) is 10.4. The summed E-state index contributed by atoms with van der Waals surface area (Å²) < 4.78 is 0. The lowest BCUT2D eigenvalue weighted by atomic mass is 9.85. The summed E-state index contributed by atoms with van der Waals surface area (Å²) in [5, 5.41) is 0. The van der Waals surface area contributed by atoms with Gasteiger partial charge in [0.25, 0.3) is 0 Å². The van der Waals surface area contributed by atoms with Gasteiger partial charge in [0.1, 0.15) is 0 Å². The molecular formula is C35H50N2. The summed E-state index contributed by atoms with van der Waals surface area (Å²) in [6, 6.07) is 29.8. The molecule has 0 atom stereocenters. The van der Waals surface area contributed by atoms with Crippen LogP contribution in [-0.4, -0.2) is 26.2 Å². The molecule has 0 amide bonds. The summed E-state index contributed by atoms with van der Waals surface area (Å²) in [5.74, 6) is 0.240. The first-order chi connectivity index (χ1) is 18.2. The van der Waals surface area contributed by atoms with E-state index in [0.717, 1.165) is 26.2 Å². The minimum Gasteiger partial charge on any atom is -0.372 e. The van der Waals surface area contributed by atoms with Crippen molar-refractivity contribution in [3.63, 3.8) is 0 Å². The van der Waals surface area contributed by atoms with Crippen LogP contribution < -0.4 is 9.80 Å². The van der Waals surface area contributed by atoms with Gasteiger partial charge in [-0.05, 0) is 66.6 Å². The number of hydrogen-bond acceptors (Lipinski definition) is 2. The first-order valence-corrected chi connectivity index (χ1v) is 15.0. The van der Waals surface area contributed by atoms with Crippen LogP contribution in [0, 0.1) is 0 Å². The van der Waals surface area contributed by atoms with Crippen LogP contribution in [0.5, 0.6) is 0 Å². The monoisotopic (exact) mass is 498 g/mol. The number of anilines is 2. The largest absolute Gasteiger partial charge is 0.372 e. The van der Waals surface area contributed by atoms with Crippen LogP contribution >= 0.6 is 0 Å². The number of unbranched alkanes of at least 4 members (excludes halogenated alkanes) is 4. The molecule has 3 aromatic carbocycles. The van der Waals surface area contributed by atoms with E-state index in [1.165, 1.54) is 79.4 Å². The molecule has 2 heteroatoms. The molecule has 37 heavy (non-hydrogen) atoms. The van der Waals surface area contributed by atoms with E-state index in [1.807, 2.05) is 0 Å². The number of hydrogen-bond donors (Lipinski definition) is 0. The average Bonchev–Trinajstić information content (AvgIpc) is 2.95. The Bertz CT molecular complexity index is 899. The third-order valence-corrected chi connectivity index (χ3v) is 7.44. The van der Waals surface area contributed by atoms with E-state index in [4.69, 9.17) is 0 Å². The van der Waals surface area contributed by atoms with Crippen molar-refractivity contribution in [3.05, 3.63) is 95.6 Å². The summed E-state index contributed by atoms with van der Waals surface area (Å²) in [7, 11) is 0. The van der Waals surface area contributed by atoms with Crippen LogP contribution in [0.4, 0.5) is 11.4 Å². The highest BCUT2D eigenvalue weighted by Gasteiger charge is 2.18. The molecule has 0 heterocycles. The predicted molar refractivity (Wildman–Crippen MR) is 164 cm³/mol. The van der Waals surface area contributed by atoms with Gasteiger partial charge < -0.3 is 9.80 Å². The van der Waals surface area contributed by atoms with Crippen LogP contribution in [0.1, 0.15) is 102 Å². The van der Waals surface area contributed by atoms with Crippen LogP contribution in [0.15, 0.2) is 78.9 Å². The maximum absolute atomic E-state index is 2.57. The van der Waals surface area contributed by atoms with Gasteiger partial charge in [0, 0.05) is 43.5 Å². The Kier molecular flexibility index (Phi) is 12.6. The first-order valence-electron chi connectivity index (χ1n) is 15.0. The normalized spacial score (nSPS) is 11.2. The molecule has 0 bridgehead atoms. The lowest BCUT2D eigenvalue weighted by Crippen LogP contribution is -2.25. The van der Waals surface area contributed by atoms with Gasteiger partial charge in [0.2, 0.25) is 0 Å². The smallest absolute Gasteiger partial charge is 0.0366 e. The zero-order valence-corrected chi connectivity index (χ0v) is 24.0. The number of benzene rings is 3.